The predicted octanol–water partition coefficient (Wildman–Crippen LogP) is 0.424. The molecule has 6 heteroatoms. The highest BCUT2D eigenvalue weighted by atomic mass is 16.5. The van der Waals surface area contributed by atoms with Gasteiger partial charge in [0.15, 0.2) is 0 Å². The SMILES string of the molecule is CN(C)C(=O)c1nccc(OC2CC2)c1C(N)=O. The van der Waals surface area contributed by atoms with Crippen LogP contribution in [0.2, 0.25) is 0 Å². The molecule has 0 bridgehead atoms. The van der Waals surface area contributed by atoms with Crippen molar-refractivity contribution in [2.24, 2.45) is 5.73 Å². The molecule has 6 nitrogen and oxygen atoms in total. The summed E-state index contributed by atoms with van der Waals surface area (Å²) in [7, 11) is 3.17. The Morgan fingerprint density at radius 3 is 2.61 bits per heavy atom. The van der Waals surface area contributed by atoms with Gasteiger partial charge in [0.1, 0.15) is 17.0 Å². The maximum absolute atomic E-state index is 11.9. The summed E-state index contributed by atoms with van der Waals surface area (Å²) in [6.45, 7) is 0. The van der Waals surface area contributed by atoms with Crippen molar-refractivity contribution in [3.05, 3.63) is 23.5 Å². The smallest absolute Gasteiger partial charge is 0.272 e. The van der Waals surface area contributed by atoms with Crippen LogP contribution in [0.4, 0.5) is 0 Å². The lowest BCUT2D eigenvalue weighted by atomic mass is 10.1. The van der Waals surface area contributed by atoms with Gasteiger partial charge in [0, 0.05) is 20.3 Å². The number of pyridine rings is 1. The molecule has 0 atom stereocenters. The molecule has 96 valence electrons. The molecule has 0 radical (unpaired) electrons. The molecule has 2 N–H and O–H groups in total. The summed E-state index contributed by atoms with van der Waals surface area (Å²) < 4.78 is 5.58. The summed E-state index contributed by atoms with van der Waals surface area (Å²) in [5, 5.41) is 0. The number of nitrogens with zero attached hydrogens (tertiary/aromatic N) is 2. The van der Waals surface area contributed by atoms with E-state index in [0.717, 1.165) is 12.8 Å². The number of primary amides is 1. The van der Waals surface area contributed by atoms with Crippen LogP contribution in [0, 0.1) is 0 Å². The predicted molar refractivity (Wildman–Crippen MR) is 64.4 cm³/mol. The molecule has 2 rings (SSSR count). The van der Waals surface area contributed by atoms with Crippen molar-refractivity contribution in [3.8, 4) is 5.75 Å². The van der Waals surface area contributed by atoms with Crippen molar-refractivity contribution in [1.29, 1.82) is 0 Å². The topological polar surface area (TPSA) is 85.5 Å². The van der Waals surface area contributed by atoms with Crippen LogP contribution in [0.25, 0.3) is 0 Å². The first-order valence-electron chi connectivity index (χ1n) is 5.68. The molecule has 0 aliphatic heterocycles. The number of aromatic nitrogens is 1. The summed E-state index contributed by atoms with van der Waals surface area (Å²) in [5.74, 6) is -0.737. The zero-order valence-electron chi connectivity index (χ0n) is 10.3. The van der Waals surface area contributed by atoms with Gasteiger partial charge >= 0.3 is 0 Å². The molecule has 1 aromatic rings. The monoisotopic (exact) mass is 249 g/mol. The van der Waals surface area contributed by atoms with E-state index in [0.29, 0.717) is 5.75 Å². The highest BCUT2D eigenvalue weighted by molar-refractivity contribution is 6.07. The van der Waals surface area contributed by atoms with Crippen molar-refractivity contribution < 1.29 is 14.3 Å². The maximum Gasteiger partial charge on any atom is 0.272 e. The molecule has 0 aromatic carbocycles. The lowest BCUT2D eigenvalue weighted by Crippen LogP contribution is -2.27. The van der Waals surface area contributed by atoms with Crippen LogP contribution in [0.1, 0.15) is 33.7 Å². The quantitative estimate of drug-likeness (QED) is 0.838. The normalized spacial score (nSPS) is 14.1. The molecule has 0 saturated heterocycles. The molecule has 1 heterocycles. The lowest BCUT2D eigenvalue weighted by Gasteiger charge is -2.14. The van der Waals surface area contributed by atoms with Crippen molar-refractivity contribution in [2.75, 3.05) is 14.1 Å². The molecule has 1 aliphatic carbocycles. The molecule has 2 amide bonds. The molecular formula is C12H15N3O3. The van der Waals surface area contributed by atoms with Crippen molar-refractivity contribution in [1.82, 2.24) is 9.88 Å². The standard InChI is InChI=1S/C12H15N3O3/c1-15(2)12(17)10-9(11(13)16)8(5-6-14-10)18-7-3-4-7/h5-7H,3-4H2,1-2H3,(H2,13,16). The number of hydrogen-bond donors (Lipinski definition) is 1. The minimum absolute atomic E-state index is 0.0330. The number of nitrogens with two attached hydrogens (primary N) is 1. The van der Waals surface area contributed by atoms with E-state index < -0.39 is 5.91 Å². The van der Waals surface area contributed by atoms with Gasteiger partial charge < -0.3 is 15.4 Å². The average Bonchev–Trinajstić information content (AvgIpc) is 3.11. The van der Waals surface area contributed by atoms with Gasteiger partial charge in [-0.1, -0.05) is 0 Å². The second kappa shape index (κ2) is 4.64. The number of carbonyl (C=O) groups excluding carboxylic acids is 2. The van der Waals surface area contributed by atoms with Crippen molar-refractivity contribution >= 4 is 11.8 Å². The number of amides is 2. The zero-order chi connectivity index (χ0) is 13.3. The van der Waals surface area contributed by atoms with E-state index in [4.69, 9.17) is 10.5 Å². The summed E-state index contributed by atoms with van der Waals surface area (Å²) in [5.41, 5.74) is 5.41. The average molecular weight is 249 g/mol. The molecule has 1 saturated carbocycles. The highest BCUT2D eigenvalue weighted by Gasteiger charge is 2.28. The first-order chi connectivity index (χ1) is 8.50. The van der Waals surface area contributed by atoms with E-state index in [1.165, 1.54) is 11.1 Å². The Balaban J connectivity index is 2.44. The van der Waals surface area contributed by atoms with Crippen LogP contribution < -0.4 is 10.5 Å². The lowest BCUT2D eigenvalue weighted by molar-refractivity contribution is 0.0813. The first kappa shape index (κ1) is 12.3. The molecule has 1 aromatic heterocycles. The van der Waals surface area contributed by atoms with Crippen LogP contribution in [-0.2, 0) is 0 Å². The highest BCUT2D eigenvalue weighted by Crippen LogP contribution is 2.30. The van der Waals surface area contributed by atoms with Crippen molar-refractivity contribution in [2.45, 2.75) is 18.9 Å². The van der Waals surface area contributed by atoms with E-state index in [-0.39, 0.29) is 23.3 Å². The van der Waals surface area contributed by atoms with E-state index >= 15 is 0 Å². The number of hydrogen-bond acceptors (Lipinski definition) is 4. The van der Waals surface area contributed by atoms with Gasteiger partial charge in [0.25, 0.3) is 11.8 Å². The van der Waals surface area contributed by atoms with Crippen LogP contribution in [-0.4, -0.2) is 41.9 Å². The summed E-state index contributed by atoms with van der Waals surface area (Å²) in [4.78, 5) is 28.7. The Kier molecular flexibility index (Phi) is 3.18. The zero-order valence-corrected chi connectivity index (χ0v) is 10.3. The summed E-state index contributed by atoms with van der Waals surface area (Å²) in [6, 6.07) is 1.56. The van der Waals surface area contributed by atoms with Gasteiger partial charge in [0.2, 0.25) is 0 Å². The first-order valence-corrected chi connectivity index (χ1v) is 5.68. The third-order valence-corrected chi connectivity index (χ3v) is 2.59. The largest absolute Gasteiger partial charge is 0.489 e. The number of ether oxygens (including phenoxy) is 1. The second-order valence-corrected chi connectivity index (χ2v) is 4.41. The van der Waals surface area contributed by atoms with Gasteiger partial charge in [-0.3, -0.25) is 9.59 Å². The van der Waals surface area contributed by atoms with E-state index in [9.17, 15) is 9.59 Å². The molecule has 0 spiro atoms. The van der Waals surface area contributed by atoms with Gasteiger partial charge in [-0.25, -0.2) is 4.98 Å². The van der Waals surface area contributed by atoms with Crippen LogP contribution in [0.15, 0.2) is 12.3 Å². The summed E-state index contributed by atoms with van der Waals surface area (Å²) in [6.07, 6.45) is 3.48. The minimum Gasteiger partial charge on any atom is -0.489 e. The number of rotatable bonds is 4. The second-order valence-electron chi connectivity index (χ2n) is 4.41. The fraction of sp³-hybridized carbons (Fsp3) is 0.417. The third kappa shape index (κ3) is 2.42. The van der Waals surface area contributed by atoms with Gasteiger partial charge in [-0.15, -0.1) is 0 Å². The third-order valence-electron chi connectivity index (χ3n) is 2.59. The molecule has 1 aliphatic rings. The summed E-state index contributed by atoms with van der Waals surface area (Å²) >= 11 is 0. The van der Waals surface area contributed by atoms with Gasteiger partial charge in [0.05, 0.1) is 6.10 Å². The van der Waals surface area contributed by atoms with Crippen LogP contribution >= 0.6 is 0 Å². The van der Waals surface area contributed by atoms with Crippen LogP contribution in [0.3, 0.4) is 0 Å². The molecule has 1 fully saturated rings. The Morgan fingerprint density at radius 2 is 2.11 bits per heavy atom. The minimum atomic E-state index is -0.705. The Bertz CT molecular complexity index is 495. The maximum atomic E-state index is 11.9. The Labute approximate surface area is 105 Å². The van der Waals surface area contributed by atoms with E-state index in [2.05, 4.69) is 4.98 Å². The molecular weight excluding hydrogens is 234 g/mol. The molecule has 0 unspecified atom stereocenters. The van der Waals surface area contributed by atoms with E-state index in [1.807, 2.05) is 0 Å². The Morgan fingerprint density at radius 1 is 1.44 bits per heavy atom. The Hall–Kier alpha value is -2.11. The van der Waals surface area contributed by atoms with E-state index in [1.54, 1.807) is 20.2 Å². The van der Waals surface area contributed by atoms with Gasteiger partial charge in [-0.2, -0.15) is 0 Å². The van der Waals surface area contributed by atoms with Gasteiger partial charge in [-0.05, 0) is 18.9 Å². The van der Waals surface area contributed by atoms with Crippen molar-refractivity contribution in [3.63, 3.8) is 0 Å². The fourth-order valence-electron chi connectivity index (χ4n) is 1.52. The van der Waals surface area contributed by atoms with Crippen LogP contribution in [0.5, 0.6) is 5.75 Å². The molecule has 18 heavy (non-hydrogen) atoms. The number of carbonyl (C=O) groups is 2. The fourth-order valence-corrected chi connectivity index (χ4v) is 1.52.